The lowest BCUT2D eigenvalue weighted by molar-refractivity contribution is -0.0659. The van der Waals surface area contributed by atoms with Gasteiger partial charge in [0.2, 0.25) is 0 Å². The Hall–Kier alpha value is -0.900. The van der Waals surface area contributed by atoms with E-state index in [1.54, 1.807) is 0 Å². The third-order valence-electron chi connectivity index (χ3n) is 5.05. The van der Waals surface area contributed by atoms with Crippen molar-refractivity contribution in [2.24, 2.45) is 5.92 Å². The number of nitrogens with zero attached hydrogens (tertiary/aromatic N) is 1. The van der Waals surface area contributed by atoms with Crippen LogP contribution < -0.4 is 5.32 Å². The molecule has 21 heavy (non-hydrogen) atoms. The number of hydrogen-bond donors (Lipinski definition) is 1. The summed E-state index contributed by atoms with van der Waals surface area (Å²) in [7, 11) is 0. The SMILES string of the molecule is Cc1ccccc1C1CN(CC2CCNCC2)C(C)CO1. The lowest BCUT2D eigenvalue weighted by atomic mass is 9.95. The van der Waals surface area contributed by atoms with Crippen molar-refractivity contribution in [3.05, 3.63) is 35.4 Å². The number of hydrogen-bond acceptors (Lipinski definition) is 3. The topological polar surface area (TPSA) is 24.5 Å². The first-order valence-corrected chi connectivity index (χ1v) is 8.36. The van der Waals surface area contributed by atoms with Crippen LogP contribution in [0.3, 0.4) is 0 Å². The highest BCUT2D eigenvalue weighted by molar-refractivity contribution is 5.28. The molecule has 3 rings (SSSR count). The fraction of sp³-hybridized carbons (Fsp3) is 0.667. The van der Waals surface area contributed by atoms with Crippen LogP contribution in [-0.2, 0) is 4.74 Å². The molecule has 2 heterocycles. The molecule has 0 saturated carbocycles. The Bertz CT molecular complexity index is 456. The van der Waals surface area contributed by atoms with Crippen molar-refractivity contribution in [1.29, 1.82) is 0 Å². The summed E-state index contributed by atoms with van der Waals surface area (Å²) in [6.07, 6.45) is 2.88. The van der Waals surface area contributed by atoms with Crippen LogP contribution in [0.25, 0.3) is 0 Å². The molecule has 0 bridgehead atoms. The standard InChI is InChI=1S/C18H28N2O/c1-14-5-3-4-6-17(14)18-12-20(15(2)13-21-18)11-16-7-9-19-10-8-16/h3-6,15-16,18-19H,7-13H2,1-2H3. The zero-order valence-corrected chi connectivity index (χ0v) is 13.3. The van der Waals surface area contributed by atoms with Crippen molar-refractivity contribution in [2.45, 2.75) is 38.8 Å². The van der Waals surface area contributed by atoms with Crippen LogP contribution in [0.5, 0.6) is 0 Å². The summed E-state index contributed by atoms with van der Waals surface area (Å²) >= 11 is 0. The van der Waals surface area contributed by atoms with Gasteiger partial charge in [0.15, 0.2) is 0 Å². The van der Waals surface area contributed by atoms with E-state index in [0.717, 1.165) is 19.1 Å². The fourth-order valence-corrected chi connectivity index (χ4v) is 3.59. The molecule has 0 radical (unpaired) electrons. The minimum absolute atomic E-state index is 0.240. The highest BCUT2D eigenvalue weighted by Gasteiger charge is 2.29. The lowest BCUT2D eigenvalue weighted by Crippen LogP contribution is -2.48. The van der Waals surface area contributed by atoms with Gasteiger partial charge in [0.1, 0.15) is 0 Å². The molecule has 116 valence electrons. The maximum Gasteiger partial charge on any atom is 0.0955 e. The predicted molar refractivity (Wildman–Crippen MR) is 86.5 cm³/mol. The van der Waals surface area contributed by atoms with E-state index in [2.05, 4.69) is 48.3 Å². The quantitative estimate of drug-likeness (QED) is 0.925. The molecule has 2 aliphatic rings. The second-order valence-electron chi connectivity index (χ2n) is 6.67. The summed E-state index contributed by atoms with van der Waals surface area (Å²) in [5.41, 5.74) is 2.71. The third kappa shape index (κ3) is 3.65. The van der Waals surface area contributed by atoms with E-state index in [1.807, 2.05) is 0 Å². The molecule has 1 N–H and O–H groups in total. The Morgan fingerprint density at radius 1 is 1.24 bits per heavy atom. The molecule has 2 saturated heterocycles. The van der Waals surface area contributed by atoms with Crippen LogP contribution in [0.15, 0.2) is 24.3 Å². The Labute approximate surface area is 128 Å². The Morgan fingerprint density at radius 2 is 2.00 bits per heavy atom. The second kappa shape index (κ2) is 6.91. The molecule has 2 aliphatic heterocycles. The first kappa shape index (κ1) is 15.0. The number of piperidine rings is 1. The highest BCUT2D eigenvalue weighted by atomic mass is 16.5. The number of ether oxygens (including phenoxy) is 1. The van der Waals surface area contributed by atoms with Crippen LogP contribution in [0, 0.1) is 12.8 Å². The van der Waals surface area contributed by atoms with Crippen molar-refractivity contribution in [1.82, 2.24) is 10.2 Å². The van der Waals surface area contributed by atoms with Gasteiger partial charge in [-0.1, -0.05) is 24.3 Å². The van der Waals surface area contributed by atoms with E-state index in [9.17, 15) is 0 Å². The molecule has 3 heteroatoms. The zero-order chi connectivity index (χ0) is 14.7. The van der Waals surface area contributed by atoms with Crippen LogP contribution in [0.4, 0.5) is 0 Å². The van der Waals surface area contributed by atoms with Gasteiger partial charge >= 0.3 is 0 Å². The number of aryl methyl sites for hydroxylation is 1. The largest absolute Gasteiger partial charge is 0.371 e. The number of rotatable bonds is 3. The lowest BCUT2D eigenvalue weighted by Gasteiger charge is -2.41. The molecule has 0 aliphatic carbocycles. The van der Waals surface area contributed by atoms with Crippen LogP contribution in [0.1, 0.15) is 37.0 Å². The molecule has 2 atom stereocenters. The van der Waals surface area contributed by atoms with E-state index >= 15 is 0 Å². The van der Waals surface area contributed by atoms with Crippen molar-refractivity contribution in [2.75, 3.05) is 32.8 Å². The maximum atomic E-state index is 6.12. The summed E-state index contributed by atoms with van der Waals surface area (Å²) in [6, 6.07) is 9.19. The van der Waals surface area contributed by atoms with E-state index in [0.29, 0.717) is 6.04 Å². The zero-order valence-electron chi connectivity index (χ0n) is 13.3. The van der Waals surface area contributed by atoms with Gasteiger partial charge in [0, 0.05) is 19.1 Å². The third-order valence-corrected chi connectivity index (χ3v) is 5.05. The van der Waals surface area contributed by atoms with Crippen molar-refractivity contribution < 1.29 is 4.74 Å². The van der Waals surface area contributed by atoms with Crippen LogP contribution >= 0.6 is 0 Å². The Morgan fingerprint density at radius 3 is 2.76 bits per heavy atom. The van der Waals surface area contributed by atoms with Gasteiger partial charge in [-0.25, -0.2) is 0 Å². The van der Waals surface area contributed by atoms with Crippen molar-refractivity contribution >= 4 is 0 Å². The Balaban J connectivity index is 1.65. The van der Waals surface area contributed by atoms with Gasteiger partial charge in [0.05, 0.1) is 12.7 Å². The summed E-state index contributed by atoms with van der Waals surface area (Å²) in [5, 5.41) is 3.46. The Kier molecular flexibility index (Phi) is 4.94. The molecule has 2 fully saturated rings. The predicted octanol–water partition coefficient (Wildman–Crippen LogP) is 2.76. The molecule has 1 aromatic rings. The van der Waals surface area contributed by atoms with Gasteiger partial charge < -0.3 is 10.1 Å². The van der Waals surface area contributed by atoms with Crippen molar-refractivity contribution in [3.63, 3.8) is 0 Å². The normalized spacial score (nSPS) is 28.7. The first-order chi connectivity index (χ1) is 10.2. The number of morpholine rings is 1. The highest BCUT2D eigenvalue weighted by Crippen LogP contribution is 2.28. The number of nitrogens with one attached hydrogen (secondary N) is 1. The monoisotopic (exact) mass is 288 g/mol. The van der Waals surface area contributed by atoms with Crippen molar-refractivity contribution in [3.8, 4) is 0 Å². The average Bonchev–Trinajstić information content (AvgIpc) is 2.51. The molecule has 0 aromatic heterocycles. The van der Waals surface area contributed by atoms with Gasteiger partial charge in [0.25, 0.3) is 0 Å². The summed E-state index contributed by atoms with van der Waals surface area (Å²) < 4.78 is 6.12. The van der Waals surface area contributed by atoms with E-state index in [-0.39, 0.29) is 6.10 Å². The first-order valence-electron chi connectivity index (χ1n) is 8.36. The fourth-order valence-electron chi connectivity index (χ4n) is 3.59. The second-order valence-corrected chi connectivity index (χ2v) is 6.67. The summed E-state index contributed by atoms with van der Waals surface area (Å²) in [5.74, 6) is 0.851. The molecular weight excluding hydrogens is 260 g/mol. The molecule has 2 unspecified atom stereocenters. The van der Waals surface area contributed by atoms with Gasteiger partial charge in [-0.2, -0.15) is 0 Å². The number of benzene rings is 1. The van der Waals surface area contributed by atoms with Gasteiger partial charge in [-0.3, -0.25) is 4.90 Å². The van der Waals surface area contributed by atoms with Gasteiger partial charge in [-0.15, -0.1) is 0 Å². The summed E-state index contributed by atoms with van der Waals surface area (Å²) in [6.45, 7) is 9.98. The average molecular weight is 288 g/mol. The molecule has 3 nitrogen and oxygen atoms in total. The molecule has 1 aromatic carbocycles. The molecule has 0 spiro atoms. The van der Waals surface area contributed by atoms with Gasteiger partial charge in [-0.05, 0) is 56.8 Å². The summed E-state index contributed by atoms with van der Waals surface area (Å²) in [4.78, 5) is 2.65. The minimum atomic E-state index is 0.240. The molecular formula is C18H28N2O. The van der Waals surface area contributed by atoms with Crippen LogP contribution in [0.2, 0.25) is 0 Å². The van der Waals surface area contributed by atoms with Crippen LogP contribution in [-0.4, -0.2) is 43.7 Å². The van der Waals surface area contributed by atoms with E-state index < -0.39 is 0 Å². The smallest absolute Gasteiger partial charge is 0.0955 e. The van der Waals surface area contributed by atoms with E-state index in [1.165, 1.54) is 43.6 Å². The minimum Gasteiger partial charge on any atom is -0.371 e. The molecule has 0 amide bonds. The maximum absolute atomic E-state index is 6.12. The van der Waals surface area contributed by atoms with E-state index in [4.69, 9.17) is 4.74 Å².